The molecule has 1 N–H and O–H groups in total. The standard InChI is InChI=1S/C18H26FNO/c1-2-21-17-13-16(18(17)10-3-4-11-18)20-12-9-14-5-7-15(19)8-6-14/h5-8,16-17,20H,2-4,9-13H2,1H3. The molecule has 2 unspecified atom stereocenters. The van der Waals surface area contributed by atoms with Crippen molar-refractivity contribution in [3.8, 4) is 0 Å². The second kappa shape index (κ2) is 6.45. The molecule has 21 heavy (non-hydrogen) atoms. The van der Waals surface area contributed by atoms with Crippen LogP contribution in [0.2, 0.25) is 0 Å². The SMILES string of the molecule is CCOC1CC(NCCc2ccc(F)cc2)C12CCCC2. The Bertz CT molecular complexity index is 453. The molecule has 2 atom stereocenters. The van der Waals surface area contributed by atoms with Gasteiger partial charge >= 0.3 is 0 Å². The molecule has 0 amide bonds. The van der Waals surface area contributed by atoms with Crippen LogP contribution in [0.3, 0.4) is 0 Å². The highest BCUT2D eigenvalue weighted by atomic mass is 19.1. The van der Waals surface area contributed by atoms with E-state index in [9.17, 15) is 4.39 Å². The van der Waals surface area contributed by atoms with E-state index in [1.165, 1.54) is 31.2 Å². The van der Waals surface area contributed by atoms with Crippen LogP contribution in [0.15, 0.2) is 24.3 Å². The number of hydrogen-bond donors (Lipinski definition) is 1. The minimum atomic E-state index is -0.157. The summed E-state index contributed by atoms with van der Waals surface area (Å²) in [4.78, 5) is 0. The Morgan fingerprint density at radius 2 is 1.95 bits per heavy atom. The molecule has 0 bridgehead atoms. The molecule has 0 saturated heterocycles. The minimum absolute atomic E-state index is 0.157. The van der Waals surface area contributed by atoms with Crippen LogP contribution >= 0.6 is 0 Å². The third-order valence-corrected chi connectivity index (χ3v) is 5.40. The predicted molar refractivity (Wildman–Crippen MR) is 82.8 cm³/mol. The molecule has 116 valence electrons. The van der Waals surface area contributed by atoms with E-state index in [4.69, 9.17) is 4.74 Å². The summed E-state index contributed by atoms with van der Waals surface area (Å²) in [7, 11) is 0. The zero-order valence-corrected chi connectivity index (χ0v) is 12.9. The quantitative estimate of drug-likeness (QED) is 0.863. The Hall–Kier alpha value is -0.930. The number of hydrogen-bond acceptors (Lipinski definition) is 2. The van der Waals surface area contributed by atoms with Gasteiger partial charge in [0.25, 0.3) is 0 Å². The van der Waals surface area contributed by atoms with E-state index in [2.05, 4.69) is 12.2 Å². The maximum Gasteiger partial charge on any atom is 0.123 e. The highest BCUT2D eigenvalue weighted by Crippen LogP contribution is 2.54. The van der Waals surface area contributed by atoms with Crippen molar-refractivity contribution in [1.82, 2.24) is 5.32 Å². The molecule has 2 aliphatic rings. The average molecular weight is 291 g/mol. The van der Waals surface area contributed by atoms with Gasteiger partial charge in [0.1, 0.15) is 5.82 Å². The highest BCUT2D eigenvalue weighted by molar-refractivity contribution is 5.17. The number of benzene rings is 1. The van der Waals surface area contributed by atoms with E-state index in [1.54, 1.807) is 12.1 Å². The first-order chi connectivity index (χ1) is 10.2. The minimum Gasteiger partial charge on any atom is -0.378 e. The molecule has 2 nitrogen and oxygen atoms in total. The predicted octanol–water partition coefficient (Wildman–Crippen LogP) is 3.70. The van der Waals surface area contributed by atoms with Gasteiger partial charge in [0.2, 0.25) is 0 Å². The van der Waals surface area contributed by atoms with Gasteiger partial charge < -0.3 is 10.1 Å². The molecule has 0 heterocycles. The van der Waals surface area contributed by atoms with Crippen molar-refractivity contribution in [3.05, 3.63) is 35.6 Å². The van der Waals surface area contributed by atoms with Crippen LogP contribution in [-0.4, -0.2) is 25.3 Å². The molecule has 1 spiro atoms. The summed E-state index contributed by atoms with van der Waals surface area (Å²) in [5.74, 6) is -0.157. The molecule has 1 aromatic carbocycles. The summed E-state index contributed by atoms with van der Waals surface area (Å²) in [6.45, 7) is 3.89. The molecule has 2 aliphatic carbocycles. The highest BCUT2D eigenvalue weighted by Gasteiger charge is 2.56. The van der Waals surface area contributed by atoms with E-state index in [-0.39, 0.29) is 5.82 Å². The van der Waals surface area contributed by atoms with Crippen molar-refractivity contribution in [3.63, 3.8) is 0 Å². The molecular weight excluding hydrogens is 265 g/mol. The molecule has 1 aromatic rings. The van der Waals surface area contributed by atoms with E-state index in [0.29, 0.717) is 17.6 Å². The summed E-state index contributed by atoms with van der Waals surface area (Å²) < 4.78 is 18.8. The Labute approximate surface area is 127 Å². The second-order valence-corrected chi connectivity index (χ2v) is 6.50. The van der Waals surface area contributed by atoms with Gasteiger partial charge in [-0.25, -0.2) is 4.39 Å². The smallest absolute Gasteiger partial charge is 0.123 e. The molecule has 2 saturated carbocycles. The monoisotopic (exact) mass is 291 g/mol. The molecule has 0 radical (unpaired) electrons. The van der Waals surface area contributed by atoms with Crippen LogP contribution in [0.25, 0.3) is 0 Å². The Morgan fingerprint density at radius 1 is 1.24 bits per heavy atom. The fraction of sp³-hybridized carbons (Fsp3) is 0.667. The summed E-state index contributed by atoms with van der Waals surface area (Å²) in [6, 6.07) is 7.46. The lowest BCUT2D eigenvalue weighted by molar-refractivity contribution is -0.130. The van der Waals surface area contributed by atoms with Crippen molar-refractivity contribution >= 4 is 0 Å². The lowest BCUT2D eigenvalue weighted by Crippen LogP contribution is -2.62. The average Bonchev–Trinajstić information content (AvgIpc) is 3.00. The van der Waals surface area contributed by atoms with E-state index in [1.807, 2.05) is 12.1 Å². The molecule has 0 aromatic heterocycles. The molecule has 2 fully saturated rings. The van der Waals surface area contributed by atoms with Gasteiger partial charge in [0, 0.05) is 18.1 Å². The summed E-state index contributed by atoms with van der Waals surface area (Å²) in [5, 5.41) is 3.73. The fourth-order valence-electron chi connectivity index (χ4n) is 4.21. The van der Waals surface area contributed by atoms with Crippen molar-refractivity contribution in [2.45, 2.75) is 57.6 Å². The number of halogens is 1. The van der Waals surface area contributed by atoms with Crippen molar-refractivity contribution in [2.24, 2.45) is 5.41 Å². The molecular formula is C18H26FNO. The van der Waals surface area contributed by atoms with Crippen LogP contribution in [0.1, 0.15) is 44.6 Å². The van der Waals surface area contributed by atoms with Crippen molar-refractivity contribution < 1.29 is 9.13 Å². The van der Waals surface area contributed by atoms with Gasteiger partial charge in [-0.3, -0.25) is 0 Å². The van der Waals surface area contributed by atoms with Crippen LogP contribution in [0.5, 0.6) is 0 Å². The van der Waals surface area contributed by atoms with Gasteiger partial charge in [0.05, 0.1) is 6.10 Å². The number of rotatable bonds is 6. The number of nitrogens with one attached hydrogen (secondary N) is 1. The molecule has 0 aliphatic heterocycles. The van der Waals surface area contributed by atoms with E-state index >= 15 is 0 Å². The first-order valence-corrected chi connectivity index (χ1v) is 8.34. The Morgan fingerprint density at radius 3 is 2.62 bits per heavy atom. The zero-order chi connectivity index (χ0) is 14.7. The zero-order valence-electron chi connectivity index (χ0n) is 12.9. The van der Waals surface area contributed by atoms with E-state index < -0.39 is 0 Å². The summed E-state index contributed by atoms with van der Waals surface area (Å²) in [5.41, 5.74) is 1.60. The van der Waals surface area contributed by atoms with Gasteiger partial charge in [-0.2, -0.15) is 0 Å². The van der Waals surface area contributed by atoms with Crippen LogP contribution in [0, 0.1) is 11.2 Å². The van der Waals surface area contributed by atoms with Gasteiger partial charge in [0.15, 0.2) is 0 Å². The largest absolute Gasteiger partial charge is 0.378 e. The van der Waals surface area contributed by atoms with Crippen LogP contribution in [0.4, 0.5) is 4.39 Å². The lowest BCUT2D eigenvalue weighted by atomic mass is 9.60. The van der Waals surface area contributed by atoms with Gasteiger partial charge in [-0.15, -0.1) is 0 Å². The van der Waals surface area contributed by atoms with Crippen molar-refractivity contribution in [2.75, 3.05) is 13.2 Å². The third-order valence-electron chi connectivity index (χ3n) is 5.40. The maximum absolute atomic E-state index is 12.9. The summed E-state index contributed by atoms with van der Waals surface area (Å²) in [6.07, 6.45) is 7.90. The van der Waals surface area contributed by atoms with Crippen molar-refractivity contribution in [1.29, 1.82) is 0 Å². The fourth-order valence-corrected chi connectivity index (χ4v) is 4.21. The normalized spacial score (nSPS) is 27.0. The maximum atomic E-state index is 12.9. The Kier molecular flexibility index (Phi) is 4.60. The third kappa shape index (κ3) is 3.00. The van der Waals surface area contributed by atoms with Gasteiger partial charge in [-0.05, 0) is 56.8 Å². The topological polar surface area (TPSA) is 21.3 Å². The molecule has 3 heteroatoms. The van der Waals surface area contributed by atoms with Gasteiger partial charge in [-0.1, -0.05) is 25.0 Å². The Balaban J connectivity index is 1.50. The summed E-state index contributed by atoms with van der Waals surface area (Å²) >= 11 is 0. The first-order valence-electron chi connectivity index (χ1n) is 8.34. The first kappa shape index (κ1) is 15.0. The number of ether oxygens (including phenoxy) is 1. The lowest BCUT2D eigenvalue weighted by Gasteiger charge is -2.54. The van der Waals surface area contributed by atoms with E-state index in [0.717, 1.165) is 26.0 Å². The molecule has 3 rings (SSSR count). The van der Waals surface area contributed by atoms with Crippen LogP contribution in [-0.2, 0) is 11.2 Å². The second-order valence-electron chi connectivity index (χ2n) is 6.50. The van der Waals surface area contributed by atoms with Crippen LogP contribution < -0.4 is 5.32 Å².